The molecule has 0 saturated carbocycles. The first kappa shape index (κ1) is 16.4. The van der Waals surface area contributed by atoms with E-state index in [0.717, 1.165) is 31.5 Å². The number of likely N-dealkylation sites (tertiary alicyclic amines) is 1. The van der Waals surface area contributed by atoms with Crippen LogP contribution in [0.1, 0.15) is 18.4 Å². The molecule has 1 heterocycles. The lowest BCUT2D eigenvalue weighted by Crippen LogP contribution is -2.39. The molecule has 118 valence electrons. The van der Waals surface area contributed by atoms with Gasteiger partial charge in [0.05, 0.1) is 16.8 Å². The zero-order chi connectivity index (χ0) is 15.3. The van der Waals surface area contributed by atoms with Crippen molar-refractivity contribution in [3.05, 3.63) is 29.8 Å². The summed E-state index contributed by atoms with van der Waals surface area (Å²) >= 11 is 0. The van der Waals surface area contributed by atoms with E-state index in [4.69, 9.17) is 10.5 Å². The molecule has 0 atom stereocenters. The number of ether oxygens (including phenoxy) is 1. The molecule has 0 unspecified atom stereocenters. The number of benzene rings is 1. The molecule has 5 nitrogen and oxygen atoms in total. The molecule has 1 aromatic carbocycles. The SMILES string of the molecule is COC1CCN(CCS(=O)(=O)c2cccc(CN)c2)CC1. The average molecular weight is 312 g/mol. The van der Waals surface area contributed by atoms with E-state index < -0.39 is 9.84 Å². The van der Waals surface area contributed by atoms with Crippen molar-refractivity contribution in [3.63, 3.8) is 0 Å². The second-order valence-electron chi connectivity index (χ2n) is 5.45. The lowest BCUT2D eigenvalue weighted by molar-refractivity contribution is 0.0429. The van der Waals surface area contributed by atoms with Gasteiger partial charge in [-0.2, -0.15) is 0 Å². The normalized spacial score (nSPS) is 18.0. The Kier molecular flexibility index (Phi) is 5.75. The molecule has 2 N–H and O–H groups in total. The largest absolute Gasteiger partial charge is 0.381 e. The van der Waals surface area contributed by atoms with Gasteiger partial charge in [-0.05, 0) is 30.5 Å². The van der Waals surface area contributed by atoms with Crippen molar-refractivity contribution in [1.82, 2.24) is 4.90 Å². The summed E-state index contributed by atoms with van der Waals surface area (Å²) in [4.78, 5) is 2.57. The van der Waals surface area contributed by atoms with Gasteiger partial charge < -0.3 is 15.4 Å². The highest BCUT2D eigenvalue weighted by Crippen LogP contribution is 2.16. The minimum Gasteiger partial charge on any atom is -0.381 e. The first-order valence-electron chi connectivity index (χ1n) is 7.32. The predicted molar refractivity (Wildman–Crippen MR) is 82.9 cm³/mol. The molecule has 1 fully saturated rings. The maximum absolute atomic E-state index is 12.4. The molecular formula is C15H24N2O3S. The summed E-state index contributed by atoms with van der Waals surface area (Å²) in [6.45, 7) is 2.73. The number of sulfone groups is 1. The van der Waals surface area contributed by atoms with Crippen LogP contribution in [0.25, 0.3) is 0 Å². The highest BCUT2D eigenvalue weighted by Gasteiger charge is 2.21. The lowest BCUT2D eigenvalue weighted by atomic mass is 10.1. The van der Waals surface area contributed by atoms with Crippen molar-refractivity contribution in [3.8, 4) is 0 Å². The molecule has 0 aromatic heterocycles. The molecule has 0 spiro atoms. The highest BCUT2D eigenvalue weighted by molar-refractivity contribution is 7.91. The van der Waals surface area contributed by atoms with Gasteiger partial charge in [-0.1, -0.05) is 12.1 Å². The summed E-state index contributed by atoms with van der Waals surface area (Å²) in [7, 11) is -1.51. The van der Waals surface area contributed by atoms with E-state index in [0.29, 0.717) is 24.1 Å². The van der Waals surface area contributed by atoms with Crippen LogP contribution in [0.3, 0.4) is 0 Å². The van der Waals surface area contributed by atoms with Crippen molar-refractivity contribution in [2.75, 3.05) is 32.5 Å². The first-order valence-corrected chi connectivity index (χ1v) is 8.97. The maximum atomic E-state index is 12.4. The van der Waals surface area contributed by atoms with Crippen molar-refractivity contribution in [2.24, 2.45) is 5.73 Å². The second kappa shape index (κ2) is 7.35. The molecule has 21 heavy (non-hydrogen) atoms. The fraction of sp³-hybridized carbons (Fsp3) is 0.600. The van der Waals surface area contributed by atoms with Gasteiger partial charge in [-0.15, -0.1) is 0 Å². The molecule has 0 radical (unpaired) electrons. The van der Waals surface area contributed by atoms with Crippen LogP contribution >= 0.6 is 0 Å². The van der Waals surface area contributed by atoms with Crippen LogP contribution in [-0.2, 0) is 21.1 Å². The van der Waals surface area contributed by atoms with Gasteiger partial charge in [0.2, 0.25) is 0 Å². The number of nitrogens with two attached hydrogens (primary N) is 1. The zero-order valence-corrected chi connectivity index (χ0v) is 13.3. The summed E-state index contributed by atoms with van der Waals surface area (Å²) in [5, 5.41) is 0. The third-order valence-corrected chi connectivity index (χ3v) is 5.73. The Hall–Kier alpha value is -0.950. The Morgan fingerprint density at radius 2 is 2.05 bits per heavy atom. The number of hydrogen-bond acceptors (Lipinski definition) is 5. The van der Waals surface area contributed by atoms with E-state index in [1.807, 2.05) is 6.07 Å². The predicted octanol–water partition coefficient (Wildman–Crippen LogP) is 1.03. The quantitative estimate of drug-likeness (QED) is 0.849. The molecule has 0 amide bonds. The van der Waals surface area contributed by atoms with Gasteiger partial charge in [0.15, 0.2) is 9.84 Å². The summed E-state index contributed by atoms with van der Waals surface area (Å²) in [6.07, 6.45) is 2.26. The average Bonchev–Trinajstić information content (AvgIpc) is 2.53. The number of nitrogens with zero attached hydrogens (tertiary/aromatic N) is 1. The van der Waals surface area contributed by atoms with Gasteiger partial charge >= 0.3 is 0 Å². The second-order valence-corrected chi connectivity index (χ2v) is 7.56. The molecular weight excluding hydrogens is 288 g/mol. The molecule has 1 aliphatic rings. The number of rotatable bonds is 6. The minimum absolute atomic E-state index is 0.151. The molecule has 6 heteroatoms. The van der Waals surface area contributed by atoms with Crippen LogP contribution < -0.4 is 5.73 Å². The first-order chi connectivity index (χ1) is 10.0. The smallest absolute Gasteiger partial charge is 0.179 e. The van der Waals surface area contributed by atoms with Crippen LogP contribution in [-0.4, -0.2) is 51.9 Å². The van der Waals surface area contributed by atoms with Gasteiger partial charge in [-0.3, -0.25) is 0 Å². The van der Waals surface area contributed by atoms with E-state index in [1.165, 1.54) is 0 Å². The van der Waals surface area contributed by atoms with Crippen LogP contribution in [0.5, 0.6) is 0 Å². The van der Waals surface area contributed by atoms with Crippen LogP contribution in [0, 0.1) is 0 Å². The fourth-order valence-electron chi connectivity index (χ4n) is 2.60. The summed E-state index contributed by atoms with van der Waals surface area (Å²) in [6, 6.07) is 6.91. The standard InChI is InChI=1S/C15H24N2O3S/c1-20-14-5-7-17(8-6-14)9-10-21(18,19)15-4-2-3-13(11-15)12-16/h2-4,11,14H,5-10,12,16H2,1H3. The van der Waals surface area contributed by atoms with Gasteiger partial charge in [0.1, 0.15) is 0 Å². The van der Waals surface area contributed by atoms with Gasteiger partial charge in [0.25, 0.3) is 0 Å². The molecule has 2 rings (SSSR count). The Morgan fingerprint density at radius 3 is 2.67 bits per heavy atom. The highest BCUT2D eigenvalue weighted by atomic mass is 32.2. The maximum Gasteiger partial charge on any atom is 0.179 e. The van der Waals surface area contributed by atoms with Gasteiger partial charge in [-0.25, -0.2) is 8.42 Å². The van der Waals surface area contributed by atoms with Crippen molar-refractivity contribution in [1.29, 1.82) is 0 Å². The lowest BCUT2D eigenvalue weighted by Gasteiger charge is -2.30. The third-order valence-electron chi connectivity index (χ3n) is 4.04. The summed E-state index contributed by atoms with van der Waals surface area (Å²) in [5.41, 5.74) is 6.41. The molecule has 1 saturated heterocycles. The Morgan fingerprint density at radius 1 is 1.33 bits per heavy atom. The van der Waals surface area contributed by atoms with Crippen molar-refractivity contribution < 1.29 is 13.2 Å². The van der Waals surface area contributed by atoms with Crippen molar-refractivity contribution >= 4 is 9.84 Å². The topological polar surface area (TPSA) is 72.6 Å². The molecule has 1 aromatic rings. The summed E-state index contributed by atoms with van der Waals surface area (Å²) in [5.74, 6) is 0.151. The monoisotopic (exact) mass is 312 g/mol. The Balaban J connectivity index is 1.92. The molecule has 0 aliphatic carbocycles. The fourth-order valence-corrected chi connectivity index (χ4v) is 3.95. The molecule has 1 aliphatic heterocycles. The third kappa shape index (κ3) is 4.51. The van der Waals surface area contributed by atoms with Crippen LogP contribution in [0.4, 0.5) is 0 Å². The zero-order valence-electron chi connectivity index (χ0n) is 12.5. The van der Waals surface area contributed by atoms with E-state index in [1.54, 1.807) is 25.3 Å². The van der Waals surface area contributed by atoms with E-state index in [9.17, 15) is 8.42 Å². The Bertz CT molecular complexity index is 552. The number of methoxy groups -OCH3 is 1. The van der Waals surface area contributed by atoms with E-state index in [-0.39, 0.29) is 5.75 Å². The van der Waals surface area contributed by atoms with Crippen LogP contribution in [0.15, 0.2) is 29.2 Å². The molecule has 0 bridgehead atoms. The van der Waals surface area contributed by atoms with E-state index in [2.05, 4.69) is 4.90 Å². The summed E-state index contributed by atoms with van der Waals surface area (Å²) < 4.78 is 30.1. The Labute approximate surface area is 127 Å². The minimum atomic E-state index is -3.24. The van der Waals surface area contributed by atoms with E-state index >= 15 is 0 Å². The number of piperidine rings is 1. The van der Waals surface area contributed by atoms with Crippen molar-refractivity contribution in [2.45, 2.75) is 30.4 Å². The van der Waals surface area contributed by atoms with Crippen LogP contribution in [0.2, 0.25) is 0 Å². The number of hydrogen-bond donors (Lipinski definition) is 1. The van der Waals surface area contributed by atoms with Gasteiger partial charge in [0, 0.05) is 33.3 Å².